The molecule has 0 aliphatic carbocycles. The number of rotatable bonds is 12. The molecule has 1 amide bonds. The Hall–Kier alpha value is -3.55. The Balaban J connectivity index is 1.30. The molecule has 10 atom stereocenters. The average Bonchev–Trinajstić information content (AvgIpc) is 3.06. The third-order valence-electron chi connectivity index (χ3n) is 7.43. The molecule has 2 heterocycles. The van der Waals surface area contributed by atoms with Crippen molar-refractivity contribution >= 4 is 12.0 Å². The van der Waals surface area contributed by atoms with Gasteiger partial charge < -0.3 is 74.6 Å². The number of methoxy groups -OCH3 is 2. The summed E-state index contributed by atoms with van der Waals surface area (Å²) in [6.45, 7) is -0.334. The van der Waals surface area contributed by atoms with Gasteiger partial charge >= 0.3 is 0 Å². The van der Waals surface area contributed by atoms with E-state index in [-0.39, 0.29) is 35.4 Å². The van der Waals surface area contributed by atoms with Gasteiger partial charge in [-0.15, -0.1) is 0 Å². The number of hydrogen-bond acceptors (Lipinski definition) is 15. The van der Waals surface area contributed by atoms with Crippen molar-refractivity contribution in [1.82, 2.24) is 5.32 Å². The summed E-state index contributed by atoms with van der Waals surface area (Å²) in [6.07, 6.45) is -12.2. The van der Waals surface area contributed by atoms with Crippen molar-refractivity contribution < 1.29 is 74.1 Å². The van der Waals surface area contributed by atoms with Gasteiger partial charge in [-0.1, -0.05) is 12.1 Å². The number of amides is 1. The molecule has 2 aromatic rings. The van der Waals surface area contributed by atoms with Crippen LogP contribution in [0.4, 0.5) is 0 Å². The molecule has 254 valence electrons. The molecule has 46 heavy (non-hydrogen) atoms. The summed E-state index contributed by atoms with van der Waals surface area (Å²) in [7, 11) is 2.78. The second-order valence-corrected chi connectivity index (χ2v) is 10.6. The number of hydrogen-bond donors (Lipinski definition) is 9. The highest BCUT2D eigenvalue weighted by Crippen LogP contribution is 2.33. The second-order valence-electron chi connectivity index (χ2n) is 10.6. The lowest BCUT2D eigenvalue weighted by Crippen LogP contribution is -2.60. The fraction of sp³-hybridized carbons (Fsp3) is 0.500. The minimum atomic E-state index is -1.76. The van der Waals surface area contributed by atoms with Gasteiger partial charge in [0.25, 0.3) is 0 Å². The predicted octanol–water partition coefficient (Wildman–Crippen LogP) is -2.61. The van der Waals surface area contributed by atoms with Gasteiger partial charge in [-0.2, -0.15) is 0 Å². The normalized spacial score (nSPS) is 31.3. The van der Waals surface area contributed by atoms with Crippen LogP contribution >= 0.6 is 0 Å². The number of benzene rings is 2. The Morgan fingerprint density at radius 1 is 0.761 bits per heavy atom. The van der Waals surface area contributed by atoms with E-state index in [1.165, 1.54) is 32.4 Å². The molecule has 0 bridgehead atoms. The first-order valence-corrected chi connectivity index (χ1v) is 14.3. The van der Waals surface area contributed by atoms with Gasteiger partial charge in [0, 0.05) is 12.6 Å². The van der Waals surface area contributed by atoms with E-state index in [9.17, 15) is 45.6 Å². The largest absolute Gasteiger partial charge is 0.493 e. The number of carbonyl (C=O) groups is 1. The molecule has 0 radical (unpaired) electrons. The molecule has 2 aliphatic heterocycles. The summed E-state index contributed by atoms with van der Waals surface area (Å²) in [5.74, 6) is 0.419. The van der Waals surface area contributed by atoms with E-state index in [2.05, 4.69) is 5.32 Å². The average molecular weight is 654 g/mol. The fourth-order valence-corrected chi connectivity index (χ4v) is 4.75. The lowest BCUT2D eigenvalue weighted by molar-refractivity contribution is -0.321. The minimum absolute atomic E-state index is 0.150. The van der Waals surface area contributed by atoms with Crippen LogP contribution in [0.25, 0.3) is 6.08 Å². The molecule has 9 N–H and O–H groups in total. The molecule has 0 saturated carbocycles. The van der Waals surface area contributed by atoms with Crippen LogP contribution in [0.5, 0.6) is 23.0 Å². The SMILES string of the molecule is COc1cc(CCNC(=O)/C=C\c2ccc(O[C@@H]3O[C@H](CO)[C@@H](O)[C@H](O)[C@H]3O)c(OC)c2)ccc1O[C@H]1O[C@@H](O)[C@H](O)[C@@H](O)[C@@H]1O. The van der Waals surface area contributed by atoms with E-state index in [1.807, 2.05) is 0 Å². The molecule has 2 aliphatic rings. The Morgan fingerprint density at radius 3 is 1.98 bits per heavy atom. The summed E-state index contributed by atoms with van der Waals surface area (Å²) in [5, 5.41) is 81.7. The van der Waals surface area contributed by atoms with Crippen molar-refractivity contribution in [3.8, 4) is 23.0 Å². The number of aliphatic hydroxyl groups excluding tert-OH is 8. The first-order valence-electron chi connectivity index (χ1n) is 14.3. The van der Waals surface area contributed by atoms with Crippen molar-refractivity contribution in [2.75, 3.05) is 27.4 Å². The summed E-state index contributed by atoms with van der Waals surface area (Å²) >= 11 is 0. The fourth-order valence-electron chi connectivity index (χ4n) is 4.75. The molecular formula is C30H39NO15. The van der Waals surface area contributed by atoms with Crippen LogP contribution in [-0.2, 0) is 20.7 Å². The number of ether oxygens (including phenoxy) is 6. The maximum absolute atomic E-state index is 12.4. The standard InChI is InChI=1S/C30H39NO15/c1-41-18-11-14(3-6-16(18)43-29-26(38)23(35)22(34)20(13-32)45-29)5-8-21(33)31-10-9-15-4-7-17(19(12-15)42-2)44-30-27(39)24(36)25(37)28(40)46-30/h3-8,11-12,20,22-30,32,34-40H,9-10,13H2,1-2H3,(H,31,33)/b8-5-/t20-,22-,23+,24-,25-,26-,27+,28-,29-,30+/m1/s1. The summed E-state index contributed by atoms with van der Waals surface area (Å²) < 4.78 is 32.3. The Bertz CT molecular complexity index is 1340. The van der Waals surface area contributed by atoms with Crippen molar-refractivity contribution in [2.45, 2.75) is 68.0 Å². The van der Waals surface area contributed by atoms with Crippen LogP contribution in [0.1, 0.15) is 11.1 Å². The maximum Gasteiger partial charge on any atom is 0.244 e. The van der Waals surface area contributed by atoms with E-state index >= 15 is 0 Å². The molecule has 2 fully saturated rings. The molecule has 2 saturated heterocycles. The van der Waals surface area contributed by atoms with Crippen molar-refractivity contribution in [1.29, 1.82) is 0 Å². The topological polar surface area (TPSA) is 246 Å². The zero-order valence-corrected chi connectivity index (χ0v) is 24.9. The van der Waals surface area contributed by atoms with E-state index in [0.29, 0.717) is 12.0 Å². The molecule has 0 unspecified atom stereocenters. The molecular weight excluding hydrogens is 614 g/mol. The first kappa shape index (κ1) is 35.3. The Labute approximate surface area is 263 Å². The minimum Gasteiger partial charge on any atom is -0.493 e. The van der Waals surface area contributed by atoms with Crippen molar-refractivity contribution in [3.05, 3.63) is 53.6 Å². The van der Waals surface area contributed by atoms with Crippen LogP contribution in [0, 0.1) is 0 Å². The molecule has 0 aromatic heterocycles. The van der Waals surface area contributed by atoms with E-state index in [0.717, 1.165) is 5.56 Å². The van der Waals surface area contributed by atoms with E-state index in [1.54, 1.807) is 30.3 Å². The highest BCUT2D eigenvalue weighted by atomic mass is 16.7. The second kappa shape index (κ2) is 15.8. The summed E-state index contributed by atoms with van der Waals surface area (Å²) in [6, 6.07) is 9.56. The lowest BCUT2D eigenvalue weighted by atomic mass is 9.99. The summed E-state index contributed by atoms with van der Waals surface area (Å²) in [5.41, 5.74) is 1.35. The predicted molar refractivity (Wildman–Crippen MR) is 156 cm³/mol. The van der Waals surface area contributed by atoms with Crippen LogP contribution in [0.3, 0.4) is 0 Å². The number of nitrogens with one attached hydrogen (secondary N) is 1. The Morgan fingerprint density at radius 2 is 1.35 bits per heavy atom. The van der Waals surface area contributed by atoms with E-state index in [4.69, 9.17) is 28.4 Å². The third kappa shape index (κ3) is 8.23. The lowest BCUT2D eigenvalue weighted by Gasteiger charge is -2.39. The van der Waals surface area contributed by atoms with Crippen LogP contribution < -0.4 is 24.3 Å². The Kier molecular flexibility index (Phi) is 12.2. The van der Waals surface area contributed by atoms with Gasteiger partial charge in [0.1, 0.15) is 42.7 Å². The summed E-state index contributed by atoms with van der Waals surface area (Å²) in [4.78, 5) is 12.4. The monoisotopic (exact) mass is 653 g/mol. The van der Waals surface area contributed by atoms with Gasteiger partial charge in [0.15, 0.2) is 29.3 Å². The smallest absolute Gasteiger partial charge is 0.244 e. The molecule has 4 rings (SSSR count). The number of carbonyl (C=O) groups excluding carboxylic acids is 1. The molecule has 2 aromatic carbocycles. The molecule has 0 spiro atoms. The highest BCUT2D eigenvalue weighted by molar-refractivity contribution is 5.91. The van der Waals surface area contributed by atoms with Crippen LogP contribution in [-0.4, -0.2) is 136 Å². The molecule has 16 heteroatoms. The van der Waals surface area contributed by atoms with Gasteiger partial charge in [-0.25, -0.2) is 0 Å². The van der Waals surface area contributed by atoms with Gasteiger partial charge in [-0.3, -0.25) is 4.79 Å². The van der Waals surface area contributed by atoms with Crippen molar-refractivity contribution in [3.63, 3.8) is 0 Å². The third-order valence-corrected chi connectivity index (χ3v) is 7.43. The first-order chi connectivity index (χ1) is 22.0. The molecule has 16 nitrogen and oxygen atoms in total. The van der Waals surface area contributed by atoms with Crippen LogP contribution in [0.15, 0.2) is 42.5 Å². The quantitative estimate of drug-likeness (QED) is 0.107. The zero-order valence-electron chi connectivity index (χ0n) is 24.9. The van der Waals surface area contributed by atoms with Gasteiger partial charge in [0.2, 0.25) is 18.5 Å². The van der Waals surface area contributed by atoms with Crippen LogP contribution in [0.2, 0.25) is 0 Å². The number of aliphatic hydroxyl groups is 8. The van der Waals surface area contributed by atoms with E-state index < -0.39 is 68.2 Å². The van der Waals surface area contributed by atoms with Gasteiger partial charge in [-0.05, 0) is 47.9 Å². The van der Waals surface area contributed by atoms with Gasteiger partial charge in [0.05, 0.1) is 20.8 Å². The van der Waals surface area contributed by atoms with Crippen molar-refractivity contribution in [2.24, 2.45) is 0 Å². The highest BCUT2D eigenvalue weighted by Gasteiger charge is 2.46. The zero-order chi connectivity index (χ0) is 33.5. The maximum atomic E-state index is 12.4.